The van der Waals surface area contributed by atoms with E-state index in [1.54, 1.807) is 36.4 Å². The van der Waals surface area contributed by atoms with Crippen molar-refractivity contribution in [3.8, 4) is 5.75 Å². The quantitative estimate of drug-likeness (QED) is 0.409. The maximum atomic E-state index is 13.2. The number of carbonyl (C=O) groups is 2. The van der Waals surface area contributed by atoms with Crippen molar-refractivity contribution in [1.82, 2.24) is 5.32 Å². The molecule has 2 aromatic rings. The largest absolute Gasteiger partial charge is 0.507 e. The average molecular weight is 441 g/mol. The second-order valence-corrected chi connectivity index (χ2v) is 7.67. The average Bonchev–Trinajstić information content (AvgIpc) is 3.33. The normalized spacial score (nSPS) is 13.8. The molecule has 2 aromatic carbocycles. The molecule has 0 unspecified atom stereocenters. The van der Waals surface area contributed by atoms with Crippen molar-refractivity contribution in [2.24, 2.45) is 0 Å². The molecule has 1 heterocycles. The van der Waals surface area contributed by atoms with Crippen LogP contribution in [0.25, 0.3) is 0 Å². The SMILES string of the molecule is CCN(CC)c1ccc(C(=O)c2ccccc2C(=O)NCCCCC2OCCO2)c(O)c1. The summed E-state index contributed by atoms with van der Waals surface area (Å²) >= 11 is 0. The van der Waals surface area contributed by atoms with E-state index in [0.29, 0.717) is 25.3 Å². The van der Waals surface area contributed by atoms with Crippen molar-refractivity contribution in [2.75, 3.05) is 37.7 Å². The van der Waals surface area contributed by atoms with Crippen LogP contribution in [0.2, 0.25) is 0 Å². The first-order chi connectivity index (χ1) is 15.5. The Morgan fingerprint density at radius 3 is 2.34 bits per heavy atom. The van der Waals surface area contributed by atoms with Gasteiger partial charge >= 0.3 is 0 Å². The number of amides is 1. The van der Waals surface area contributed by atoms with Gasteiger partial charge in [-0.15, -0.1) is 0 Å². The molecule has 172 valence electrons. The van der Waals surface area contributed by atoms with Gasteiger partial charge in [0, 0.05) is 37.0 Å². The van der Waals surface area contributed by atoms with Crippen LogP contribution < -0.4 is 10.2 Å². The minimum absolute atomic E-state index is 0.0917. The Kier molecular flexibility index (Phi) is 8.64. The Bertz CT molecular complexity index is 920. The topological polar surface area (TPSA) is 88.1 Å². The molecule has 1 fully saturated rings. The van der Waals surface area contributed by atoms with Crippen LogP contribution in [0.5, 0.6) is 5.75 Å². The van der Waals surface area contributed by atoms with Gasteiger partial charge in [0.2, 0.25) is 0 Å². The molecule has 0 atom stereocenters. The number of nitrogens with zero attached hydrogens (tertiary/aromatic N) is 1. The monoisotopic (exact) mass is 440 g/mol. The number of nitrogens with one attached hydrogen (secondary N) is 1. The highest BCUT2D eigenvalue weighted by molar-refractivity contribution is 6.16. The van der Waals surface area contributed by atoms with Crippen molar-refractivity contribution in [3.63, 3.8) is 0 Å². The number of phenols is 1. The minimum Gasteiger partial charge on any atom is -0.507 e. The van der Waals surface area contributed by atoms with Crippen LogP contribution in [0, 0.1) is 0 Å². The first-order valence-corrected chi connectivity index (χ1v) is 11.3. The molecular weight excluding hydrogens is 408 g/mol. The van der Waals surface area contributed by atoms with Gasteiger partial charge in [0.25, 0.3) is 5.91 Å². The number of ether oxygens (including phenoxy) is 2. The summed E-state index contributed by atoms with van der Waals surface area (Å²) in [4.78, 5) is 28.0. The van der Waals surface area contributed by atoms with Crippen molar-refractivity contribution >= 4 is 17.4 Å². The summed E-state index contributed by atoms with van der Waals surface area (Å²) in [5.74, 6) is -0.776. The number of unbranched alkanes of at least 4 members (excludes halogenated alkanes) is 1. The number of ketones is 1. The number of hydrogen-bond acceptors (Lipinski definition) is 6. The summed E-state index contributed by atoms with van der Waals surface area (Å²) in [6, 6.07) is 11.7. The smallest absolute Gasteiger partial charge is 0.252 e. The molecular formula is C25H32N2O5. The third-order valence-electron chi connectivity index (χ3n) is 5.61. The molecule has 0 aliphatic carbocycles. The number of rotatable bonds is 11. The van der Waals surface area contributed by atoms with Crippen LogP contribution >= 0.6 is 0 Å². The van der Waals surface area contributed by atoms with Gasteiger partial charge in [0.05, 0.1) is 24.3 Å². The standard InChI is InChI=1S/C25H32N2O5/c1-3-27(4-2)18-12-13-21(22(28)17-18)24(29)19-9-5-6-10-20(19)25(30)26-14-8-7-11-23-31-15-16-32-23/h5-6,9-10,12-13,17,23,28H,3-4,7-8,11,14-16H2,1-2H3,(H,26,30). The van der Waals surface area contributed by atoms with Crippen LogP contribution in [-0.2, 0) is 9.47 Å². The molecule has 0 aromatic heterocycles. The number of anilines is 1. The fourth-order valence-corrected chi connectivity index (χ4v) is 3.83. The van der Waals surface area contributed by atoms with Gasteiger partial charge in [-0.25, -0.2) is 0 Å². The summed E-state index contributed by atoms with van der Waals surface area (Å²) in [6.45, 7) is 7.44. The van der Waals surface area contributed by atoms with Crippen LogP contribution in [0.15, 0.2) is 42.5 Å². The Hall–Kier alpha value is -2.90. The number of hydrogen-bond donors (Lipinski definition) is 2. The summed E-state index contributed by atoms with van der Waals surface area (Å²) in [7, 11) is 0. The maximum absolute atomic E-state index is 13.2. The van der Waals surface area contributed by atoms with Gasteiger partial charge < -0.3 is 24.8 Å². The molecule has 32 heavy (non-hydrogen) atoms. The van der Waals surface area contributed by atoms with Gasteiger partial charge in [0.15, 0.2) is 12.1 Å². The van der Waals surface area contributed by atoms with E-state index in [0.717, 1.165) is 38.0 Å². The lowest BCUT2D eigenvalue weighted by atomic mass is 9.97. The molecule has 0 bridgehead atoms. The van der Waals surface area contributed by atoms with E-state index in [4.69, 9.17) is 9.47 Å². The van der Waals surface area contributed by atoms with E-state index in [2.05, 4.69) is 10.2 Å². The first kappa shape index (κ1) is 23.8. The van der Waals surface area contributed by atoms with Gasteiger partial charge in [-0.3, -0.25) is 9.59 Å². The predicted octanol–water partition coefficient (Wildman–Crippen LogP) is 3.74. The molecule has 2 N–H and O–H groups in total. The molecule has 0 saturated carbocycles. The van der Waals surface area contributed by atoms with Crippen LogP contribution in [-0.4, -0.2) is 55.9 Å². The molecule has 1 aliphatic rings. The highest BCUT2D eigenvalue weighted by Crippen LogP contribution is 2.27. The van der Waals surface area contributed by atoms with Crippen LogP contribution in [0.3, 0.4) is 0 Å². The summed E-state index contributed by atoms with van der Waals surface area (Å²) in [6.07, 6.45) is 2.33. The van der Waals surface area contributed by atoms with Gasteiger partial charge in [-0.2, -0.15) is 0 Å². The van der Waals surface area contributed by atoms with E-state index in [1.807, 2.05) is 19.9 Å². The van der Waals surface area contributed by atoms with Gasteiger partial charge in [0.1, 0.15) is 5.75 Å². The van der Waals surface area contributed by atoms with Crippen molar-refractivity contribution in [3.05, 3.63) is 59.2 Å². The predicted molar refractivity (Wildman–Crippen MR) is 123 cm³/mol. The van der Waals surface area contributed by atoms with Crippen molar-refractivity contribution in [2.45, 2.75) is 39.4 Å². The Labute approximate surface area is 189 Å². The second kappa shape index (κ2) is 11.6. The van der Waals surface area contributed by atoms with E-state index in [-0.39, 0.29) is 34.9 Å². The van der Waals surface area contributed by atoms with E-state index in [1.165, 1.54) is 0 Å². The Morgan fingerprint density at radius 2 is 1.69 bits per heavy atom. The molecule has 0 spiro atoms. The van der Waals surface area contributed by atoms with Gasteiger partial charge in [-0.05, 0) is 51.3 Å². The first-order valence-electron chi connectivity index (χ1n) is 11.3. The number of benzene rings is 2. The molecule has 1 aliphatic heterocycles. The summed E-state index contributed by atoms with van der Waals surface area (Å²) < 4.78 is 10.8. The number of phenolic OH excluding ortho intramolecular Hbond substituents is 1. The molecule has 1 saturated heterocycles. The third-order valence-corrected chi connectivity index (χ3v) is 5.61. The van der Waals surface area contributed by atoms with E-state index < -0.39 is 0 Å². The second-order valence-electron chi connectivity index (χ2n) is 7.67. The van der Waals surface area contributed by atoms with Gasteiger partial charge in [-0.1, -0.05) is 18.2 Å². The maximum Gasteiger partial charge on any atom is 0.252 e. The molecule has 0 radical (unpaired) electrons. The highest BCUT2D eigenvalue weighted by Gasteiger charge is 2.21. The van der Waals surface area contributed by atoms with E-state index in [9.17, 15) is 14.7 Å². The van der Waals surface area contributed by atoms with Crippen LogP contribution in [0.4, 0.5) is 5.69 Å². The fourth-order valence-electron chi connectivity index (χ4n) is 3.83. The van der Waals surface area contributed by atoms with Crippen LogP contribution in [0.1, 0.15) is 59.4 Å². The zero-order valence-corrected chi connectivity index (χ0v) is 18.8. The zero-order valence-electron chi connectivity index (χ0n) is 18.8. The lowest BCUT2D eigenvalue weighted by Gasteiger charge is -2.21. The highest BCUT2D eigenvalue weighted by atomic mass is 16.7. The Morgan fingerprint density at radius 1 is 1.00 bits per heavy atom. The van der Waals surface area contributed by atoms with Crippen molar-refractivity contribution in [1.29, 1.82) is 0 Å². The molecule has 7 heteroatoms. The number of carbonyl (C=O) groups excluding carboxylic acids is 2. The zero-order chi connectivity index (χ0) is 22.9. The van der Waals surface area contributed by atoms with E-state index >= 15 is 0 Å². The summed E-state index contributed by atoms with van der Waals surface area (Å²) in [5, 5.41) is 13.4. The minimum atomic E-state index is -0.380. The lowest BCUT2D eigenvalue weighted by Crippen LogP contribution is -2.26. The molecule has 1 amide bonds. The summed E-state index contributed by atoms with van der Waals surface area (Å²) in [5.41, 5.74) is 1.59. The van der Waals surface area contributed by atoms with Crippen molar-refractivity contribution < 1.29 is 24.2 Å². The Balaban J connectivity index is 1.64. The lowest BCUT2D eigenvalue weighted by molar-refractivity contribution is -0.0478. The molecule has 3 rings (SSSR count). The molecule has 7 nitrogen and oxygen atoms in total. The fraction of sp³-hybridized carbons (Fsp3) is 0.440. The number of aromatic hydroxyl groups is 1. The third kappa shape index (κ3) is 5.87.